The van der Waals surface area contributed by atoms with Gasteiger partial charge in [0.2, 0.25) is 0 Å². The van der Waals surface area contributed by atoms with Crippen LogP contribution in [0.2, 0.25) is 0 Å². The minimum absolute atomic E-state index is 0. The molecule has 0 rings (SSSR count). The van der Waals surface area contributed by atoms with Crippen LogP contribution in [0.4, 0.5) is 0 Å². The van der Waals surface area contributed by atoms with Gasteiger partial charge in [0.15, 0.2) is 9.84 Å². The van der Waals surface area contributed by atoms with Gasteiger partial charge in [-0.3, -0.25) is 0 Å². The molecule has 0 aromatic heterocycles. The van der Waals surface area contributed by atoms with Crippen molar-refractivity contribution < 1.29 is 87.3 Å². The average Bonchev–Trinajstić information content (AvgIpc) is 2.46. The van der Waals surface area contributed by atoms with E-state index in [0.29, 0.717) is 12.8 Å². The Hall–Kier alpha value is 0.890. The summed E-state index contributed by atoms with van der Waals surface area (Å²) in [6, 6.07) is 0. The van der Waals surface area contributed by atoms with E-state index < -0.39 is 33.4 Å². The molecule has 6 nitrogen and oxygen atoms in total. The first kappa shape index (κ1) is 30.6. The molecule has 1 unspecified atom stereocenters. The van der Waals surface area contributed by atoms with Crippen molar-refractivity contribution in [2.75, 3.05) is 5.75 Å². The van der Waals surface area contributed by atoms with Crippen LogP contribution >= 0.6 is 0 Å². The number of carboxylic acid groups (broad SMARTS) is 2. The molecule has 0 radical (unpaired) electrons. The van der Waals surface area contributed by atoms with Crippen LogP contribution < -0.4 is 69.3 Å². The topological polar surface area (TPSA) is 114 Å². The predicted octanol–water partition coefficient (Wildman–Crippen LogP) is -5.41. The second-order valence-electron chi connectivity index (χ2n) is 5.93. The maximum absolute atomic E-state index is 11.8. The Morgan fingerprint density at radius 2 is 1.20 bits per heavy atom. The van der Waals surface area contributed by atoms with Crippen LogP contribution in [0.1, 0.15) is 77.6 Å². The van der Waals surface area contributed by atoms with E-state index in [0.717, 1.165) is 19.3 Å². The monoisotopic (exact) mass is 394 g/mol. The predicted molar refractivity (Wildman–Crippen MR) is 84.0 cm³/mol. The van der Waals surface area contributed by atoms with Crippen molar-refractivity contribution in [2.24, 2.45) is 0 Å². The third-order valence-electron chi connectivity index (χ3n) is 3.83. The number of sulfone groups is 1. The number of rotatable bonds is 15. The molecule has 0 aliphatic carbocycles. The van der Waals surface area contributed by atoms with E-state index in [1.807, 2.05) is 0 Å². The minimum Gasteiger partial charge on any atom is -0.550 e. The average molecular weight is 394 g/mol. The van der Waals surface area contributed by atoms with Crippen molar-refractivity contribution >= 4 is 21.8 Å². The molecule has 0 aromatic carbocycles. The van der Waals surface area contributed by atoms with Gasteiger partial charge in [0.05, 0.1) is 11.7 Å². The van der Waals surface area contributed by atoms with E-state index in [4.69, 9.17) is 0 Å². The molecule has 0 spiro atoms. The molecule has 0 N–H and O–H groups in total. The largest absolute Gasteiger partial charge is 1.00 e. The Morgan fingerprint density at radius 1 is 0.800 bits per heavy atom. The second-order valence-corrected chi connectivity index (χ2v) is 8.24. The smallest absolute Gasteiger partial charge is 0.550 e. The van der Waals surface area contributed by atoms with Crippen LogP contribution in [0, 0.1) is 0 Å². The molecule has 0 aliphatic rings. The van der Waals surface area contributed by atoms with Gasteiger partial charge in [-0.05, 0) is 6.42 Å². The number of hydrogen-bond donors (Lipinski definition) is 0. The summed E-state index contributed by atoms with van der Waals surface area (Å²) in [5, 5.41) is 19.2. The van der Waals surface area contributed by atoms with E-state index >= 15 is 0 Å². The van der Waals surface area contributed by atoms with Crippen LogP contribution in [-0.2, 0) is 19.4 Å². The van der Waals surface area contributed by atoms with Crippen molar-refractivity contribution in [3.05, 3.63) is 0 Å². The zero-order valence-corrected chi connectivity index (χ0v) is 20.7. The summed E-state index contributed by atoms with van der Waals surface area (Å²) >= 11 is 0. The molecule has 0 fully saturated rings. The first-order chi connectivity index (χ1) is 10.8. The third kappa shape index (κ3) is 16.8. The summed E-state index contributed by atoms with van der Waals surface area (Å²) in [5.74, 6) is -3.90. The van der Waals surface area contributed by atoms with Crippen LogP contribution in [-0.4, -0.2) is 31.4 Å². The summed E-state index contributed by atoms with van der Waals surface area (Å²) < 4.78 is 23.7. The molecule has 136 valence electrons. The Kier molecular flexibility index (Phi) is 22.4. The molecule has 0 bridgehead atoms. The number of carboxylic acids is 2. The van der Waals surface area contributed by atoms with Crippen molar-refractivity contribution in [3.8, 4) is 0 Å². The van der Waals surface area contributed by atoms with Gasteiger partial charge in [-0.15, -0.1) is 0 Å². The summed E-state index contributed by atoms with van der Waals surface area (Å²) in [6.07, 6.45) is 9.23. The molecular formula is C16H28Na2O6S. The SMILES string of the molecule is CCCCCCCCCCCCS(=O)(=O)C(CC(=O)[O-])C(=O)[O-].[Na+].[Na+]. The molecule has 0 amide bonds. The normalized spacial score (nSPS) is 11.9. The van der Waals surface area contributed by atoms with Gasteiger partial charge in [0, 0.05) is 12.4 Å². The minimum atomic E-state index is -4.01. The molecular weight excluding hydrogens is 366 g/mol. The summed E-state index contributed by atoms with van der Waals surface area (Å²) in [5.41, 5.74) is 0. The zero-order chi connectivity index (χ0) is 17.7. The maximum Gasteiger partial charge on any atom is 1.00 e. The molecule has 1 atom stereocenters. The van der Waals surface area contributed by atoms with E-state index in [9.17, 15) is 28.2 Å². The first-order valence-corrected chi connectivity index (χ1v) is 10.1. The zero-order valence-electron chi connectivity index (χ0n) is 15.9. The fourth-order valence-corrected chi connectivity index (χ4v) is 4.02. The Labute approximate surface area is 196 Å². The molecule has 0 heterocycles. The first-order valence-electron chi connectivity index (χ1n) is 8.43. The summed E-state index contributed by atoms with van der Waals surface area (Å²) in [4.78, 5) is 21.2. The van der Waals surface area contributed by atoms with Gasteiger partial charge < -0.3 is 19.8 Å². The van der Waals surface area contributed by atoms with Crippen LogP contribution in [0.3, 0.4) is 0 Å². The molecule has 25 heavy (non-hydrogen) atoms. The Balaban J connectivity index is -0.00000242. The van der Waals surface area contributed by atoms with Crippen molar-refractivity contribution in [1.82, 2.24) is 0 Å². The van der Waals surface area contributed by atoms with Crippen molar-refractivity contribution in [1.29, 1.82) is 0 Å². The summed E-state index contributed by atoms with van der Waals surface area (Å²) in [7, 11) is -4.01. The number of carbonyl (C=O) groups is 2. The van der Waals surface area contributed by atoms with E-state index in [2.05, 4.69) is 6.92 Å². The van der Waals surface area contributed by atoms with E-state index in [1.165, 1.54) is 32.1 Å². The molecule has 0 aromatic rings. The van der Waals surface area contributed by atoms with Crippen molar-refractivity contribution in [2.45, 2.75) is 82.8 Å². The molecule has 0 saturated heterocycles. The Morgan fingerprint density at radius 3 is 1.56 bits per heavy atom. The van der Waals surface area contributed by atoms with E-state index in [1.54, 1.807) is 0 Å². The summed E-state index contributed by atoms with van der Waals surface area (Å²) in [6.45, 7) is 2.17. The molecule has 0 saturated carbocycles. The van der Waals surface area contributed by atoms with Gasteiger partial charge >= 0.3 is 59.1 Å². The molecule has 9 heteroatoms. The third-order valence-corrected chi connectivity index (χ3v) is 5.91. The van der Waals surface area contributed by atoms with Gasteiger partial charge in [-0.25, -0.2) is 8.42 Å². The number of hydrogen-bond acceptors (Lipinski definition) is 6. The quantitative estimate of drug-likeness (QED) is 0.202. The molecule has 0 aliphatic heterocycles. The van der Waals surface area contributed by atoms with Crippen LogP contribution in [0.25, 0.3) is 0 Å². The Bertz CT molecular complexity index is 454. The van der Waals surface area contributed by atoms with Gasteiger partial charge in [0.25, 0.3) is 0 Å². The standard InChI is InChI=1S/C16H30O6S.2Na/c1-2-3-4-5-6-7-8-9-10-11-12-23(21,22)14(16(19)20)13-15(17)18;;/h14H,2-13H2,1H3,(H,17,18)(H,19,20);;/q;2*+1/p-2. The van der Waals surface area contributed by atoms with Crippen LogP contribution in [0.15, 0.2) is 0 Å². The number of carbonyl (C=O) groups excluding carboxylic acids is 2. The van der Waals surface area contributed by atoms with Crippen molar-refractivity contribution in [3.63, 3.8) is 0 Å². The fourth-order valence-electron chi connectivity index (χ4n) is 2.44. The second kappa shape index (κ2) is 18.3. The van der Waals surface area contributed by atoms with Gasteiger partial charge in [-0.2, -0.15) is 0 Å². The van der Waals surface area contributed by atoms with E-state index in [-0.39, 0.29) is 64.9 Å². The van der Waals surface area contributed by atoms with Gasteiger partial charge in [-0.1, -0.05) is 64.7 Å². The fraction of sp³-hybridized carbons (Fsp3) is 0.875. The maximum atomic E-state index is 11.8. The van der Waals surface area contributed by atoms with Gasteiger partial charge in [0.1, 0.15) is 5.25 Å². The number of unbranched alkanes of at least 4 members (excludes halogenated alkanes) is 9. The number of aliphatic carboxylic acids is 2. The van der Waals surface area contributed by atoms with Crippen LogP contribution in [0.5, 0.6) is 0 Å².